The van der Waals surface area contributed by atoms with Gasteiger partial charge in [-0.3, -0.25) is 4.90 Å². The number of piperazine rings is 1. The van der Waals surface area contributed by atoms with Gasteiger partial charge in [0.25, 0.3) is 0 Å². The van der Waals surface area contributed by atoms with Crippen molar-refractivity contribution in [1.82, 2.24) is 19.8 Å². The molecule has 4 nitrogen and oxygen atoms in total. The van der Waals surface area contributed by atoms with Gasteiger partial charge in [-0.2, -0.15) is 0 Å². The van der Waals surface area contributed by atoms with Crippen molar-refractivity contribution in [2.75, 3.05) is 32.7 Å². The van der Waals surface area contributed by atoms with E-state index in [1.54, 1.807) is 0 Å². The summed E-state index contributed by atoms with van der Waals surface area (Å²) in [5.41, 5.74) is 2.43. The van der Waals surface area contributed by atoms with E-state index in [4.69, 9.17) is 0 Å². The molecule has 1 atom stereocenters. The maximum absolute atomic E-state index is 4.68. The van der Waals surface area contributed by atoms with Gasteiger partial charge in [0.05, 0.1) is 0 Å². The lowest BCUT2D eigenvalue weighted by Crippen LogP contribution is -2.55. The fraction of sp³-hybridized carbons (Fsp3) is 0.435. The van der Waals surface area contributed by atoms with Crippen LogP contribution in [0, 0.1) is 0 Å². The van der Waals surface area contributed by atoms with Crippen LogP contribution in [0.2, 0.25) is 0 Å². The number of hydrogen-bond acceptors (Lipinski definition) is 3. The monoisotopic (exact) mass is 360 g/mol. The molecule has 0 saturated carbocycles. The Balaban J connectivity index is 1.26. The van der Waals surface area contributed by atoms with Crippen molar-refractivity contribution in [2.24, 2.45) is 0 Å². The fourth-order valence-electron chi connectivity index (χ4n) is 4.76. The topological polar surface area (TPSA) is 35.2 Å². The second-order valence-corrected chi connectivity index (χ2v) is 8.02. The summed E-state index contributed by atoms with van der Waals surface area (Å²) in [6.45, 7) is 6.13. The Morgan fingerprint density at radius 2 is 1.93 bits per heavy atom. The number of nitrogens with zero attached hydrogens (tertiary/aromatic N) is 3. The number of nitrogens with one attached hydrogen (secondary N) is 1. The summed E-state index contributed by atoms with van der Waals surface area (Å²) in [6, 6.07) is 15.8. The van der Waals surface area contributed by atoms with Crippen molar-refractivity contribution in [1.29, 1.82) is 0 Å². The van der Waals surface area contributed by atoms with Crippen LogP contribution < -0.4 is 0 Å². The van der Waals surface area contributed by atoms with Crippen LogP contribution >= 0.6 is 0 Å². The van der Waals surface area contributed by atoms with Gasteiger partial charge in [-0.1, -0.05) is 48.9 Å². The molecule has 2 aliphatic rings. The van der Waals surface area contributed by atoms with Crippen molar-refractivity contribution in [3.05, 3.63) is 54.4 Å². The SMILES string of the molecule is c1ccc2c(-c3ncc(CCN4CCN5CCCCC5C4)[nH]3)cccc2c1. The number of benzene rings is 2. The van der Waals surface area contributed by atoms with E-state index in [0.717, 1.165) is 24.8 Å². The van der Waals surface area contributed by atoms with Crippen LogP contribution in [0.3, 0.4) is 0 Å². The highest BCUT2D eigenvalue weighted by atomic mass is 15.3. The van der Waals surface area contributed by atoms with Crippen LogP contribution in [-0.2, 0) is 6.42 Å². The highest BCUT2D eigenvalue weighted by molar-refractivity contribution is 5.95. The molecule has 2 saturated heterocycles. The Bertz CT molecular complexity index is 910. The van der Waals surface area contributed by atoms with E-state index < -0.39 is 0 Å². The first-order valence-corrected chi connectivity index (χ1v) is 10.4. The second-order valence-electron chi connectivity index (χ2n) is 8.02. The molecule has 0 spiro atoms. The largest absolute Gasteiger partial charge is 0.342 e. The van der Waals surface area contributed by atoms with E-state index >= 15 is 0 Å². The van der Waals surface area contributed by atoms with Gasteiger partial charge in [-0.15, -0.1) is 0 Å². The molecule has 0 aliphatic carbocycles. The molecule has 2 aliphatic heterocycles. The van der Waals surface area contributed by atoms with E-state index in [9.17, 15) is 0 Å². The number of piperidine rings is 1. The van der Waals surface area contributed by atoms with Gasteiger partial charge >= 0.3 is 0 Å². The number of H-pyrrole nitrogens is 1. The molecule has 0 bridgehead atoms. The Labute approximate surface area is 161 Å². The number of fused-ring (bicyclic) bond motifs is 2. The Morgan fingerprint density at radius 1 is 1.00 bits per heavy atom. The van der Waals surface area contributed by atoms with E-state index in [0.29, 0.717) is 0 Å². The van der Waals surface area contributed by atoms with E-state index in [1.807, 2.05) is 6.20 Å². The van der Waals surface area contributed by atoms with Crippen molar-refractivity contribution < 1.29 is 0 Å². The van der Waals surface area contributed by atoms with Gasteiger partial charge in [-0.05, 0) is 30.2 Å². The highest BCUT2D eigenvalue weighted by Crippen LogP contribution is 2.26. The predicted molar refractivity (Wildman–Crippen MR) is 111 cm³/mol. The van der Waals surface area contributed by atoms with Gasteiger partial charge in [0.2, 0.25) is 0 Å². The van der Waals surface area contributed by atoms with Crippen molar-refractivity contribution >= 4 is 10.8 Å². The van der Waals surface area contributed by atoms with Crippen LogP contribution in [0.15, 0.2) is 48.7 Å². The first-order valence-electron chi connectivity index (χ1n) is 10.4. The third-order valence-electron chi connectivity index (χ3n) is 6.29. The molecule has 1 aromatic heterocycles. The van der Waals surface area contributed by atoms with Gasteiger partial charge in [0.1, 0.15) is 5.82 Å². The molecule has 1 unspecified atom stereocenters. The number of imidazole rings is 1. The lowest BCUT2D eigenvalue weighted by molar-refractivity contribution is 0.0499. The van der Waals surface area contributed by atoms with Crippen LogP contribution in [0.25, 0.3) is 22.2 Å². The molecular formula is C23H28N4. The maximum Gasteiger partial charge on any atom is 0.138 e. The van der Waals surface area contributed by atoms with E-state index in [2.05, 4.69) is 62.2 Å². The lowest BCUT2D eigenvalue weighted by Gasteiger charge is -2.44. The van der Waals surface area contributed by atoms with Gasteiger partial charge < -0.3 is 9.88 Å². The third kappa shape index (κ3) is 3.52. The zero-order valence-electron chi connectivity index (χ0n) is 15.9. The minimum Gasteiger partial charge on any atom is -0.342 e. The summed E-state index contributed by atoms with van der Waals surface area (Å²) in [5, 5.41) is 2.52. The standard InChI is InChI=1S/C23H28N4/c1-2-9-21-18(6-1)7-5-10-22(21)23-24-16-19(25-23)11-13-26-14-15-27-12-4-3-8-20(27)17-26/h1-2,5-7,9-10,16,20H,3-4,8,11-15,17H2,(H,24,25). The van der Waals surface area contributed by atoms with Crippen LogP contribution in [0.1, 0.15) is 25.0 Å². The highest BCUT2D eigenvalue weighted by Gasteiger charge is 2.28. The first kappa shape index (κ1) is 17.0. The first-order chi connectivity index (χ1) is 13.4. The van der Waals surface area contributed by atoms with Crippen LogP contribution in [0.5, 0.6) is 0 Å². The number of aromatic amines is 1. The maximum atomic E-state index is 4.68. The molecule has 3 aromatic rings. The fourth-order valence-corrected chi connectivity index (χ4v) is 4.76. The minimum absolute atomic E-state index is 0.792. The Morgan fingerprint density at radius 3 is 2.93 bits per heavy atom. The number of hydrogen-bond donors (Lipinski definition) is 1. The smallest absolute Gasteiger partial charge is 0.138 e. The Kier molecular flexibility index (Phi) is 4.68. The summed E-state index contributed by atoms with van der Waals surface area (Å²) in [7, 11) is 0. The molecule has 2 aromatic carbocycles. The number of aromatic nitrogens is 2. The third-order valence-corrected chi connectivity index (χ3v) is 6.29. The zero-order chi connectivity index (χ0) is 18.1. The molecule has 2 fully saturated rings. The zero-order valence-corrected chi connectivity index (χ0v) is 15.9. The molecule has 27 heavy (non-hydrogen) atoms. The van der Waals surface area contributed by atoms with Crippen molar-refractivity contribution in [2.45, 2.75) is 31.7 Å². The molecule has 0 radical (unpaired) electrons. The quantitative estimate of drug-likeness (QED) is 0.765. The average Bonchev–Trinajstić information content (AvgIpc) is 3.20. The molecular weight excluding hydrogens is 332 g/mol. The lowest BCUT2D eigenvalue weighted by atomic mass is 9.99. The summed E-state index contributed by atoms with van der Waals surface area (Å²) in [6.07, 6.45) is 7.25. The normalized spacial score (nSPS) is 21.4. The second kappa shape index (κ2) is 7.45. The van der Waals surface area contributed by atoms with Crippen LogP contribution in [0.4, 0.5) is 0 Å². The molecule has 5 rings (SSSR count). The summed E-state index contributed by atoms with van der Waals surface area (Å²) in [4.78, 5) is 13.6. The average molecular weight is 361 g/mol. The van der Waals surface area contributed by atoms with Crippen molar-refractivity contribution in [3.63, 3.8) is 0 Å². The molecule has 4 heteroatoms. The summed E-state index contributed by atoms with van der Waals surface area (Å²) >= 11 is 0. The molecule has 0 amide bonds. The van der Waals surface area contributed by atoms with Crippen molar-refractivity contribution in [3.8, 4) is 11.4 Å². The molecule has 1 N–H and O–H groups in total. The van der Waals surface area contributed by atoms with Gasteiger partial charge in [-0.25, -0.2) is 4.98 Å². The van der Waals surface area contributed by atoms with Gasteiger partial charge in [0, 0.05) is 56.1 Å². The number of rotatable bonds is 4. The summed E-state index contributed by atoms with van der Waals surface area (Å²) < 4.78 is 0. The summed E-state index contributed by atoms with van der Waals surface area (Å²) in [5.74, 6) is 0.985. The molecule has 140 valence electrons. The predicted octanol–water partition coefficient (Wildman–Crippen LogP) is 3.94. The minimum atomic E-state index is 0.792. The molecule has 3 heterocycles. The van der Waals surface area contributed by atoms with Crippen LogP contribution in [-0.4, -0.2) is 58.5 Å². The van der Waals surface area contributed by atoms with Gasteiger partial charge in [0.15, 0.2) is 0 Å². The van der Waals surface area contributed by atoms with E-state index in [-0.39, 0.29) is 0 Å². The Hall–Kier alpha value is -2.17. The van der Waals surface area contributed by atoms with E-state index in [1.165, 1.54) is 67.5 Å².